The topological polar surface area (TPSA) is 111 Å². The van der Waals surface area contributed by atoms with Crippen molar-refractivity contribution in [3.8, 4) is 11.5 Å². The molecule has 2 amide bonds. The molecule has 3 aromatic rings. The Kier molecular flexibility index (Phi) is 5.96. The fourth-order valence-electron chi connectivity index (χ4n) is 3.04. The second-order valence-electron chi connectivity index (χ2n) is 7.08. The molecule has 2 N–H and O–H groups in total. The van der Waals surface area contributed by atoms with E-state index in [4.69, 9.17) is 21.1 Å². The van der Waals surface area contributed by atoms with Gasteiger partial charge in [0.2, 0.25) is 6.79 Å². The van der Waals surface area contributed by atoms with Crippen molar-refractivity contribution < 1.29 is 31.9 Å². The summed E-state index contributed by atoms with van der Waals surface area (Å²) in [6.07, 6.45) is 0.990. The van der Waals surface area contributed by atoms with Crippen LogP contribution in [0.25, 0.3) is 0 Å². The highest BCUT2D eigenvalue weighted by Gasteiger charge is 2.19. The van der Waals surface area contributed by atoms with E-state index in [9.17, 15) is 22.4 Å². The minimum absolute atomic E-state index is 0.00688. The summed E-state index contributed by atoms with van der Waals surface area (Å²) in [5, 5.41) is 4.96. The number of fused-ring (bicyclic) bond motifs is 1. The highest BCUT2D eigenvalue weighted by atomic mass is 35.5. The summed E-state index contributed by atoms with van der Waals surface area (Å²) in [7, 11) is -3.58. The summed E-state index contributed by atoms with van der Waals surface area (Å²) in [5.74, 6) is -1.11. The van der Waals surface area contributed by atoms with Gasteiger partial charge in [-0.1, -0.05) is 11.6 Å². The molecule has 11 heteroatoms. The van der Waals surface area contributed by atoms with Crippen LogP contribution in [-0.4, -0.2) is 33.3 Å². The maximum Gasteiger partial charge on any atom is 0.257 e. The number of rotatable bonds is 5. The number of ether oxygens (including phenoxy) is 2. The minimum atomic E-state index is -3.58. The van der Waals surface area contributed by atoms with E-state index in [1.807, 2.05) is 0 Å². The average molecular weight is 491 g/mol. The smallest absolute Gasteiger partial charge is 0.257 e. The molecule has 0 saturated heterocycles. The molecule has 4 rings (SSSR count). The molecule has 0 spiro atoms. The van der Waals surface area contributed by atoms with Gasteiger partial charge in [-0.3, -0.25) is 9.59 Å². The Labute approximate surface area is 193 Å². The normalized spacial score (nSPS) is 12.3. The Morgan fingerprint density at radius 3 is 2.45 bits per heavy atom. The lowest BCUT2D eigenvalue weighted by Crippen LogP contribution is -2.16. The van der Waals surface area contributed by atoms with Crippen molar-refractivity contribution in [2.45, 2.75) is 4.90 Å². The molecule has 0 unspecified atom stereocenters. The first-order valence-electron chi connectivity index (χ1n) is 9.43. The number of carbonyl (C=O) groups is 2. The van der Waals surface area contributed by atoms with Crippen LogP contribution in [0.4, 0.5) is 15.8 Å². The number of anilines is 2. The maximum absolute atomic E-state index is 14.3. The molecule has 0 aliphatic carbocycles. The highest BCUT2D eigenvalue weighted by molar-refractivity contribution is 7.90. The predicted molar refractivity (Wildman–Crippen MR) is 119 cm³/mol. The first-order valence-corrected chi connectivity index (χ1v) is 11.7. The van der Waals surface area contributed by atoms with Crippen molar-refractivity contribution in [3.63, 3.8) is 0 Å². The Hall–Kier alpha value is -3.63. The van der Waals surface area contributed by atoms with Gasteiger partial charge in [-0.05, 0) is 54.6 Å². The van der Waals surface area contributed by atoms with Crippen LogP contribution in [0.1, 0.15) is 20.7 Å². The molecule has 0 fully saturated rings. The summed E-state index contributed by atoms with van der Waals surface area (Å²) in [6.45, 7) is 0.0680. The molecule has 8 nitrogen and oxygen atoms in total. The first-order chi connectivity index (χ1) is 15.6. The number of halogens is 2. The van der Waals surface area contributed by atoms with Crippen LogP contribution in [0.2, 0.25) is 5.02 Å². The van der Waals surface area contributed by atoms with Gasteiger partial charge in [0.15, 0.2) is 21.3 Å². The van der Waals surface area contributed by atoms with E-state index in [0.29, 0.717) is 17.1 Å². The van der Waals surface area contributed by atoms with Gasteiger partial charge >= 0.3 is 0 Å². The van der Waals surface area contributed by atoms with Crippen LogP contribution in [0.15, 0.2) is 59.5 Å². The van der Waals surface area contributed by atoms with E-state index < -0.39 is 27.5 Å². The molecule has 0 radical (unpaired) electrons. The van der Waals surface area contributed by atoms with Crippen molar-refractivity contribution in [2.24, 2.45) is 0 Å². The molecule has 0 aromatic heterocycles. The summed E-state index contributed by atoms with van der Waals surface area (Å²) in [4.78, 5) is 25.1. The molecule has 33 heavy (non-hydrogen) atoms. The summed E-state index contributed by atoms with van der Waals surface area (Å²) >= 11 is 6.03. The minimum Gasteiger partial charge on any atom is -0.454 e. The fraction of sp³-hybridized carbons (Fsp3) is 0.0909. The number of hydrogen-bond acceptors (Lipinski definition) is 6. The third-order valence-electron chi connectivity index (χ3n) is 4.72. The zero-order valence-corrected chi connectivity index (χ0v) is 18.6. The lowest BCUT2D eigenvalue weighted by Gasteiger charge is -2.11. The van der Waals surface area contributed by atoms with Crippen LogP contribution >= 0.6 is 11.6 Å². The van der Waals surface area contributed by atoms with E-state index >= 15 is 0 Å². The Bertz CT molecular complexity index is 1390. The van der Waals surface area contributed by atoms with Crippen LogP contribution < -0.4 is 20.1 Å². The second-order valence-corrected chi connectivity index (χ2v) is 9.51. The third kappa shape index (κ3) is 4.91. The van der Waals surface area contributed by atoms with E-state index in [1.165, 1.54) is 30.3 Å². The van der Waals surface area contributed by atoms with Gasteiger partial charge < -0.3 is 20.1 Å². The molecular weight excluding hydrogens is 475 g/mol. The van der Waals surface area contributed by atoms with Crippen molar-refractivity contribution in [1.82, 2.24) is 0 Å². The average Bonchev–Trinajstić information content (AvgIpc) is 3.23. The highest BCUT2D eigenvalue weighted by Crippen LogP contribution is 2.33. The summed E-state index contributed by atoms with van der Waals surface area (Å²) < 4.78 is 48.3. The molecule has 0 saturated carbocycles. The van der Waals surface area contributed by atoms with Gasteiger partial charge in [-0.15, -0.1) is 0 Å². The van der Waals surface area contributed by atoms with E-state index in [-0.39, 0.29) is 33.6 Å². The maximum atomic E-state index is 14.3. The number of carbonyl (C=O) groups excluding carboxylic acids is 2. The number of sulfone groups is 1. The lowest BCUT2D eigenvalue weighted by molar-refractivity contribution is 0.101. The number of amides is 2. The monoisotopic (exact) mass is 490 g/mol. The first kappa shape index (κ1) is 22.6. The van der Waals surface area contributed by atoms with Crippen LogP contribution in [-0.2, 0) is 9.84 Å². The van der Waals surface area contributed by atoms with Crippen molar-refractivity contribution in [3.05, 3.63) is 76.6 Å². The molecule has 1 heterocycles. The van der Waals surface area contributed by atoms with Crippen molar-refractivity contribution in [1.29, 1.82) is 0 Å². The molecule has 1 aliphatic rings. The quantitative estimate of drug-likeness (QED) is 0.556. The van der Waals surface area contributed by atoms with Crippen LogP contribution in [0.5, 0.6) is 11.5 Å². The zero-order valence-electron chi connectivity index (χ0n) is 17.0. The van der Waals surface area contributed by atoms with Gasteiger partial charge in [0.1, 0.15) is 5.82 Å². The van der Waals surface area contributed by atoms with Crippen molar-refractivity contribution >= 4 is 44.6 Å². The van der Waals surface area contributed by atoms with Crippen LogP contribution in [0, 0.1) is 5.82 Å². The fourth-order valence-corrected chi connectivity index (χ4v) is 3.89. The molecule has 1 aliphatic heterocycles. The second kappa shape index (κ2) is 8.72. The van der Waals surface area contributed by atoms with Gasteiger partial charge in [0, 0.05) is 17.5 Å². The van der Waals surface area contributed by atoms with Crippen LogP contribution in [0.3, 0.4) is 0 Å². The standard InChI is InChI=1S/C22H16ClFN2O6S/c1-33(29,30)14-4-5-16(23)15(10-14)22(28)26-18-9-13(3-6-17(18)24)25-21(27)12-2-7-19-20(8-12)32-11-31-19/h2-10H,11H2,1H3,(H,25,27)(H,26,28). The molecule has 3 aromatic carbocycles. The van der Waals surface area contributed by atoms with Crippen molar-refractivity contribution in [2.75, 3.05) is 23.7 Å². The molecule has 0 bridgehead atoms. The van der Waals surface area contributed by atoms with Gasteiger partial charge in [0.05, 0.1) is 21.2 Å². The Morgan fingerprint density at radius 1 is 0.939 bits per heavy atom. The van der Waals surface area contributed by atoms with Gasteiger partial charge in [0.25, 0.3) is 11.8 Å². The third-order valence-corrected chi connectivity index (χ3v) is 6.16. The molecule has 170 valence electrons. The number of benzene rings is 3. The SMILES string of the molecule is CS(=O)(=O)c1ccc(Cl)c(C(=O)Nc2cc(NC(=O)c3ccc4c(c3)OCO4)ccc2F)c1. The molecular formula is C22H16ClFN2O6S. The summed E-state index contributed by atoms with van der Waals surface area (Å²) in [6, 6.07) is 11.9. The lowest BCUT2D eigenvalue weighted by atomic mass is 10.1. The van der Waals surface area contributed by atoms with Gasteiger partial charge in [-0.25, -0.2) is 12.8 Å². The Morgan fingerprint density at radius 2 is 1.70 bits per heavy atom. The zero-order chi connectivity index (χ0) is 23.8. The Balaban J connectivity index is 1.54. The van der Waals surface area contributed by atoms with E-state index in [0.717, 1.165) is 18.4 Å². The predicted octanol–water partition coefficient (Wildman–Crippen LogP) is 4.12. The largest absolute Gasteiger partial charge is 0.454 e. The summed E-state index contributed by atoms with van der Waals surface area (Å²) in [5.41, 5.74) is 0.127. The number of nitrogens with one attached hydrogen (secondary N) is 2. The molecule has 0 atom stereocenters. The number of hydrogen-bond donors (Lipinski definition) is 2. The van der Waals surface area contributed by atoms with E-state index in [1.54, 1.807) is 12.1 Å². The van der Waals surface area contributed by atoms with Gasteiger partial charge in [-0.2, -0.15) is 0 Å². The van der Waals surface area contributed by atoms with E-state index in [2.05, 4.69) is 10.6 Å².